The van der Waals surface area contributed by atoms with Crippen molar-refractivity contribution in [3.63, 3.8) is 0 Å². The normalized spacial score (nSPS) is 25.4. The monoisotopic (exact) mass is 645 g/mol. The Morgan fingerprint density at radius 2 is 1.87 bits per heavy atom. The second-order valence-electron chi connectivity index (χ2n) is 12.2. The van der Waals surface area contributed by atoms with Gasteiger partial charge in [-0.05, 0) is 56.0 Å². The summed E-state index contributed by atoms with van der Waals surface area (Å²) in [5, 5.41) is 13.1. The topological polar surface area (TPSA) is 135 Å². The van der Waals surface area contributed by atoms with Gasteiger partial charge in [0.05, 0.1) is 44.2 Å². The first kappa shape index (κ1) is 33.9. The molecule has 250 valence electrons. The number of likely N-dealkylation sites (tertiary alicyclic amines) is 1. The van der Waals surface area contributed by atoms with Gasteiger partial charge in [-0.3, -0.25) is 19.2 Å². The first-order valence-corrected chi connectivity index (χ1v) is 16.0. The van der Waals surface area contributed by atoms with Crippen LogP contribution in [0.2, 0.25) is 0 Å². The molecule has 0 unspecified atom stereocenters. The number of hydrogen-bond donors (Lipinski definition) is 2. The van der Waals surface area contributed by atoms with E-state index in [-0.39, 0.29) is 32.0 Å². The van der Waals surface area contributed by atoms with Crippen LogP contribution in [-0.2, 0) is 28.7 Å². The van der Waals surface area contributed by atoms with Crippen LogP contribution in [0.1, 0.15) is 44.3 Å². The predicted octanol–water partition coefficient (Wildman–Crippen LogP) is 3.34. The molecule has 0 aromatic heterocycles. The van der Waals surface area contributed by atoms with Gasteiger partial charge in [0, 0.05) is 18.7 Å². The van der Waals surface area contributed by atoms with Gasteiger partial charge in [0.25, 0.3) is 5.91 Å². The summed E-state index contributed by atoms with van der Waals surface area (Å²) in [6, 6.07) is 14.2. The van der Waals surface area contributed by atoms with Gasteiger partial charge < -0.3 is 34.4 Å². The number of nitrogens with zero attached hydrogens (tertiary/aromatic N) is 2. The van der Waals surface area contributed by atoms with Crippen LogP contribution in [0.3, 0.4) is 0 Å². The summed E-state index contributed by atoms with van der Waals surface area (Å²) in [4.78, 5) is 58.3. The number of rotatable bonds is 15. The summed E-state index contributed by atoms with van der Waals surface area (Å²) in [5.74, 6) is -3.01. The lowest BCUT2D eigenvalue weighted by molar-refractivity contribution is -0.161. The van der Waals surface area contributed by atoms with E-state index in [1.807, 2.05) is 18.2 Å². The van der Waals surface area contributed by atoms with Crippen molar-refractivity contribution in [1.82, 2.24) is 10.2 Å². The van der Waals surface area contributed by atoms with Crippen molar-refractivity contribution in [2.24, 2.45) is 11.8 Å². The molecule has 3 amide bonds. The van der Waals surface area contributed by atoms with Crippen LogP contribution in [0.4, 0.5) is 5.69 Å². The molecule has 1 spiro atoms. The zero-order valence-corrected chi connectivity index (χ0v) is 26.9. The predicted molar refractivity (Wildman–Crippen MR) is 174 cm³/mol. The quantitative estimate of drug-likeness (QED) is 0.223. The number of esters is 1. The minimum Gasteiger partial charge on any atom is -0.497 e. The molecule has 2 aromatic carbocycles. The summed E-state index contributed by atoms with van der Waals surface area (Å²) in [7, 11) is 1.55. The minimum atomic E-state index is -1.29. The zero-order valence-electron chi connectivity index (χ0n) is 26.9. The number of aliphatic hydroxyl groups excluding tert-OH is 1. The number of anilines is 1. The number of benzene rings is 2. The van der Waals surface area contributed by atoms with Crippen LogP contribution >= 0.6 is 0 Å². The minimum absolute atomic E-state index is 0.0425. The average Bonchev–Trinajstić information content (AvgIpc) is 3.75. The standard InChI is InChI=1S/C36H43N3O8/c1-5-7-13-29(41)37-21-28(24-11-9-8-10-12-24)46-35(44)30-27-18-19-36(47-27)31(30)33(42)39(23(3)22-40)32(36)34(43)38(20-6-2)25-14-16-26(45-4)17-15-25/h5-6,8-12,14-17,23,27-28,30-32,40H,1-2,7,13,18-22H2,3-4H3,(H,37,41)/t23-,27+,28-,30-,31-,32+,36-/m1/s1. The third-order valence-electron chi connectivity index (χ3n) is 9.43. The highest BCUT2D eigenvalue weighted by Crippen LogP contribution is 2.59. The van der Waals surface area contributed by atoms with Gasteiger partial charge in [-0.1, -0.05) is 42.5 Å². The number of hydrogen-bond acceptors (Lipinski definition) is 8. The fraction of sp³-hybridized carbons (Fsp3) is 0.444. The van der Waals surface area contributed by atoms with E-state index in [0.29, 0.717) is 36.3 Å². The highest BCUT2D eigenvalue weighted by Gasteiger charge is 2.75. The number of nitrogens with one attached hydrogen (secondary N) is 1. The Labute approximate surface area is 275 Å². The van der Waals surface area contributed by atoms with E-state index < -0.39 is 59.5 Å². The van der Waals surface area contributed by atoms with Crippen molar-refractivity contribution in [1.29, 1.82) is 0 Å². The van der Waals surface area contributed by atoms with Gasteiger partial charge in [-0.15, -0.1) is 13.2 Å². The number of carbonyl (C=O) groups is 4. The van der Waals surface area contributed by atoms with Gasteiger partial charge in [-0.25, -0.2) is 0 Å². The van der Waals surface area contributed by atoms with Crippen molar-refractivity contribution >= 4 is 29.4 Å². The van der Waals surface area contributed by atoms with Crippen LogP contribution in [0, 0.1) is 11.8 Å². The molecule has 2 N–H and O–H groups in total. The van der Waals surface area contributed by atoms with E-state index in [1.165, 1.54) is 9.80 Å². The van der Waals surface area contributed by atoms with Crippen LogP contribution in [0.15, 0.2) is 79.9 Å². The molecule has 11 heteroatoms. The Morgan fingerprint density at radius 1 is 1.15 bits per heavy atom. The van der Waals surface area contributed by atoms with Crippen LogP contribution < -0.4 is 15.0 Å². The first-order valence-electron chi connectivity index (χ1n) is 16.0. The highest BCUT2D eigenvalue weighted by atomic mass is 16.6. The van der Waals surface area contributed by atoms with E-state index in [4.69, 9.17) is 14.2 Å². The molecule has 0 radical (unpaired) electrons. The maximum Gasteiger partial charge on any atom is 0.313 e. The summed E-state index contributed by atoms with van der Waals surface area (Å²) in [6.45, 7) is 8.96. The Morgan fingerprint density at radius 3 is 2.51 bits per heavy atom. The molecule has 47 heavy (non-hydrogen) atoms. The lowest BCUT2D eigenvalue weighted by atomic mass is 9.70. The largest absolute Gasteiger partial charge is 0.497 e. The number of carbonyl (C=O) groups excluding carboxylic acids is 4. The lowest BCUT2D eigenvalue weighted by Gasteiger charge is -2.38. The molecule has 5 rings (SSSR count). The molecule has 11 nitrogen and oxygen atoms in total. The van der Waals surface area contributed by atoms with Crippen molar-refractivity contribution in [2.75, 3.05) is 31.7 Å². The van der Waals surface area contributed by atoms with Crippen molar-refractivity contribution < 1.29 is 38.5 Å². The van der Waals surface area contributed by atoms with Gasteiger partial charge in [0.1, 0.15) is 23.5 Å². The molecule has 3 aliphatic heterocycles. The van der Waals surface area contributed by atoms with Crippen molar-refractivity contribution in [3.8, 4) is 5.75 Å². The summed E-state index contributed by atoms with van der Waals surface area (Å²) < 4.78 is 17.9. The lowest BCUT2D eigenvalue weighted by Crippen LogP contribution is -2.58. The fourth-order valence-electron chi connectivity index (χ4n) is 7.20. The number of ether oxygens (including phenoxy) is 3. The molecule has 0 saturated carbocycles. The average molecular weight is 646 g/mol. The van der Waals surface area contributed by atoms with Crippen molar-refractivity contribution in [3.05, 3.63) is 85.5 Å². The van der Waals surface area contributed by atoms with E-state index in [2.05, 4.69) is 18.5 Å². The molecule has 7 atom stereocenters. The Bertz CT molecular complexity index is 1480. The zero-order chi connectivity index (χ0) is 33.7. The molecule has 3 aliphatic rings. The van der Waals surface area contributed by atoms with E-state index in [1.54, 1.807) is 62.6 Å². The van der Waals surface area contributed by atoms with E-state index in [0.717, 1.165) is 0 Å². The van der Waals surface area contributed by atoms with Crippen molar-refractivity contribution in [2.45, 2.75) is 62.5 Å². The van der Waals surface area contributed by atoms with Gasteiger partial charge >= 0.3 is 5.97 Å². The van der Waals surface area contributed by atoms with E-state index in [9.17, 15) is 24.3 Å². The summed E-state index contributed by atoms with van der Waals surface area (Å²) in [5.41, 5.74) is -0.0348. The summed E-state index contributed by atoms with van der Waals surface area (Å²) in [6.07, 6.45) is 3.41. The van der Waals surface area contributed by atoms with Gasteiger partial charge in [-0.2, -0.15) is 0 Å². The number of methoxy groups -OCH3 is 1. The summed E-state index contributed by atoms with van der Waals surface area (Å²) >= 11 is 0. The molecule has 3 heterocycles. The highest BCUT2D eigenvalue weighted by molar-refractivity contribution is 6.04. The van der Waals surface area contributed by atoms with Gasteiger partial charge in [0.15, 0.2) is 0 Å². The Hall–Kier alpha value is -4.48. The Balaban J connectivity index is 1.45. The molecule has 2 aromatic rings. The maximum atomic E-state index is 14.6. The number of aliphatic hydroxyl groups is 1. The number of allylic oxidation sites excluding steroid dienone is 1. The smallest absolute Gasteiger partial charge is 0.313 e. The second-order valence-corrected chi connectivity index (χ2v) is 12.2. The third kappa shape index (κ3) is 6.42. The molecule has 3 fully saturated rings. The molecule has 0 aliphatic carbocycles. The first-order chi connectivity index (χ1) is 22.7. The number of amides is 3. The molecular weight excluding hydrogens is 602 g/mol. The molecular formula is C36H43N3O8. The van der Waals surface area contributed by atoms with E-state index >= 15 is 0 Å². The Kier molecular flexibility index (Phi) is 10.5. The van der Waals surface area contributed by atoms with Crippen LogP contribution in [0.25, 0.3) is 0 Å². The second kappa shape index (κ2) is 14.5. The fourth-order valence-corrected chi connectivity index (χ4v) is 7.20. The van der Waals surface area contributed by atoms with Gasteiger partial charge in [0.2, 0.25) is 11.8 Å². The number of fused-ring (bicyclic) bond motifs is 1. The van der Waals surface area contributed by atoms with Crippen LogP contribution in [-0.4, -0.2) is 84.3 Å². The third-order valence-corrected chi connectivity index (χ3v) is 9.43. The van der Waals surface area contributed by atoms with Crippen LogP contribution in [0.5, 0.6) is 5.75 Å². The molecule has 2 bridgehead atoms. The molecule has 3 saturated heterocycles. The SMILES string of the molecule is C=CCCC(=O)NC[C@@H](OC(=O)[C@@H]1[C@@H]2CC[C@]3(O2)[C@H](C(=O)N(CC=C)c2ccc(OC)cc2)N([C@H](C)CO)C(=O)[C@@H]13)c1ccccc1. The maximum absolute atomic E-state index is 14.6.